The van der Waals surface area contributed by atoms with Crippen molar-refractivity contribution in [3.8, 4) is 0 Å². The molecule has 82 valence electrons. The summed E-state index contributed by atoms with van der Waals surface area (Å²) < 4.78 is 3.55. The van der Waals surface area contributed by atoms with Crippen LogP contribution in [0.4, 0.5) is 0 Å². The third kappa shape index (κ3) is 4.06. The van der Waals surface area contributed by atoms with Crippen LogP contribution in [0.1, 0.15) is 26.2 Å². The van der Waals surface area contributed by atoms with Crippen LogP contribution in [0.3, 0.4) is 0 Å². The van der Waals surface area contributed by atoms with E-state index in [1.807, 2.05) is 0 Å². The molecular weight excluding hydrogens is 306 g/mol. The molecule has 0 radical (unpaired) electrons. The summed E-state index contributed by atoms with van der Waals surface area (Å²) in [6.07, 6.45) is 15.2. The maximum Gasteiger partial charge on any atom is -0.147 e. The summed E-state index contributed by atoms with van der Waals surface area (Å²) in [4.78, 5) is 0. The maximum atomic E-state index is 2.34. The van der Waals surface area contributed by atoms with Crippen LogP contribution in [-0.2, 0) is 23.2 Å². The Bertz CT molecular complexity index is 325. The van der Waals surface area contributed by atoms with E-state index in [-0.39, 0.29) is 48.0 Å². The zero-order valence-electron chi connectivity index (χ0n) is 8.82. The summed E-state index contributed by atoms with van der Waals surface area (Å²) in [6.45, 7) is 2.27. The standard InChI is InChI=1S/C7H9.C5H5.2ClH.Zr/c1-2-7-5-3-4-6-7;1-2-4-5-3-1;;;/h3,5H,2,4H2,1H3;1-3H,4H2;2*1H;. The van der Waals surface area contributed by atoms with Gasteiger partial charge in [-0.15, -0.1) is 24.8 Å². The minimum Gasteiger partial charge on any atom is -0.147 e. The molecular formula is C12H16Cl2Zr. The summed E-state index contributed by atoms with van der Waals surface area (Å²) in [5.74, 6) is 0. The van der Waals surface area contributed by atoms with Gasteiger partial charge in [-0.3, -0.25) is 0 Å². The van der Waals surface area contributed by atoms with Gasteiger partial charge < -0.3 is 0 Å². The van der Waals surface area contributed by atoms with Gasteiger partial charge in [0.15, 0.2) is 0 Å². The molecule has 0 N–H and O–H groups in total. The Balaban J connectivity index is 0.000000980. The first kappa shape index (κ1) is 15.4. The molecule has 0 aromatic carbocycles. The van der Waals surface area contributed by atoms with Gasteiger partial charge in [-0.1, -0.05) is 0 Å². The maximum absolute atomic E-state index is 2.34. The van der Waals surface area contributed by atoms with Gasteiger partial charge in [0.05, 0.1) is 0 Å². The molecule has 3 heteroatoms. The van der Waals surface area contributed by atoms with Crippen LogP contribution in [0.5, 0.6) is 0 Å². The van der Waals surface area contributed by atoms with Crippen molar-refractivity contribution < 1.29 is 23.2 Å². The van der Waals surface area contributed by atoms with Crippen LogP contribution < -0.4 is 0 Å². The smallest absolute Gasteiger partial charge is 0.147 e. The minimum absolute atomic E-state index is 0. The van der Waals surface area contributed by atoms with E-state index in [9.17, 15) is 0 Å². The van der Waals surface area contributed by atoms with Crippen LogP contribution >= 0.6 is 24.8 Å². The monoisotopic (exact) mass is 320 g/mol. The molecule has 0 bridgehead atoms. The first-order valence-electron chi connectivity index (χ1n) is 4.91. The number of hydrogen-bond acceptors (Lipinski definition) is 0. The molecule has 0 aliphatic heterocycles. The molecule has 0 saturated carbocycles. The third-order valence-corrected chi connectivity index (χ3v) is 6.23. The fourth-order valence-corrected chi connectivity index (χ4v) is 5.26. The summed E-state index contributed by atoms with van der Waals surface area (Å²) >= 11 is -0.364. The van der Waals surface area contributed by atoms with Crippen molar-refractivity contribution in [1.82, 2.24) is 0 Å². The predicted molar refractivity (Wildman–Crippen MR) is 67.4 cm³/mol. The average molecular weight is 322 g/mol. The molecule has 0 amide bonds. The fourth-order valence-electron chi connectivity index (χ4n) is 1.75. The van der Waals surface area contributed by atoms with Crippen molar-refractivity contribution >= 4 is 24.8 Å². The normalized spacial score (nSPS) is 17.3. The summed E-state index contributed by atoms with van der Waals surface area (Å²) in [6, 6.07) is 0. The largest absolute Gasteiger partial charge is 0.147 e. The van der Waals surface area contributed by atoms with Crippen molar-refractivity contribution in [2.45, 2.75) is 26.2 Å². The van der Waals surface area contributed by atoms with E-state index in [1.54, 1.807) is 12.1 Å². The second kappa shape index (κ2) is 7.66. The van der Waals surface area contributed by atoms with E-state index >= 15 is 0 Å². The van der Waals surface area contributed by atoms with Crippen molar-refractivity contribution in [3.05, 3.63) is 42.5 Å². The SMILES string of the molecule is CCC1=[C]([Zr][C]2=CC=CC2)CC=C1.Cl.Cl. The van der Waals surface area contributed by atoms with Crippen LogP contribution in [0.2, 0.25) is 0 Å². The van der Waals surface area contributed by atoms with E-state index in [1.165, 1.54) is 19.3 Å². The molecule has 0 spiro atoms. The molecule has 0 fully saturated rings. The second-order valence-corrected chi connectivity index (χ2v) is 7.09. The summed E-state index contributed by atoms with van der Waals surface area (Å²) in [7, 11) is 0. The van der Waals surface area contributed by atoms with Crippen LogP contribution in [-0.4, -0.2) is 0 Å². The van der Waals surface area contributed by atoms with Gasteiger partial charge in [0.1, 0.15) is 0 Å². The Kier molecular flexibility index (Phi) is 7.87. The first-order chi connectivity index (χ1) is 6.40. The second-order valence-electron chi connectivity index (χ2n) is 3.41. The van der Waals surface area contributed by atoms with Crippen molar-refractivity contribution in [3.63, 3.8) is 0 Å². The van der Waals surface area contributed by atoms with E-state index in [4.69, 9.17) is 0 Å². The molecule has 2 aliphatic rings. The Morgan fingerprint density at radius 3 is 2.60 bits per heavy atom. The van der Waals surface area contributed by atoms with Gasteiger partial charge in [0.2, 0.25) is 0 Å². The first-order valence-corrected chi connectivity index (χ1v) is 7.37. The molecule has 2 rings (SSSR count). The molecule has 0 aromatic rings. The van der Waals surface area contributed by atoms with E-state index in [2.05, 4.69) is 37.3 Å². The van der Waals surface area contributed by atoms with Crippen LogP contribution in [0, 0.1) is 0 Å². The molecule has 0 heterocycles. The average Bonchev–Trinajstić information content (AvgIpc) is 2.76. The molecule has 0 nitrogen and oxygen atoms in total. The van der Waals surface area contributed by atoms with Gasteiger partial charge in [-0.25, -0.2) is 0 Å². The van der Waals surface area contributed by atoms with Crippen molar-refractivity contribution in [2.75, 3.05) is 0 Å². The van der Waals surface area contributed by atoms with Gasteiger partial charge in [0, 0.05) is 0 Å². The molecule has 0 saturated heterocycles. The quantitative estimate of drug-likeness (QED) is 0.723. The van der Waals surface area contributed by atoms with E-state index in [0.717, 1.165) is 0 Å². The van der Waals surface area contributed by atoms with Gasteiger partial charge in [-0.2, -0.15) is 0 Å². The molecule has 2 aliphatic carbocycles. The van der Waals surface area contributed by atoms with Crippen LogP contribution in [0.25, 0.3) is 0 Å². The van der Waals surface area contributed by atoms with Gasteiger partial charge in [0.25, 0.3) is 0 Å². The minimum atomic E-state index is -0.364. The van der Waals surface area contributed by atoms with Crippen LogP contribution in [0.15, 0.2) is 42.5 Å². The number of hydrogen-bond donors (Lipinski definition) is 0. The zero-order valence-corrected chi connectivity index (χ0v) is 12.9. The topological polar surface area (TPSA) is 0 Å². The van der Waals surface area contributed by atoms with E-state index < -0.39 is 0 Å². The molecule has 15 heavy (non-hydrogen) atoms. The number of rotatable bonds is 3. The van der Waals surface area contributed by atoms with Crippen molar-refractivity contribution in [2.24, 2.45) is 0 Å². The molecule has 0 aromatic heterocycles. The Hall–Kier alpha value is 0.423. The van der Waals surface area contributed by atoms with Gasteiger partial charge in [-0.05, 0) is 0 Å². The predicted octanol–water partition coefficient (Wildman–Crippen LogP) is 4.38. The molecule has 0 atom stereocenters. The van der Waals surface area contributed by atoms with Gasteiger partial charge >= 0.3 is 91.9 Å². The molecule has 0 unspecified atom stereocenters. The number of halogens is 2. The third-order valence-electron chi connectivity index (χ3n) is 2.49. The number of allylic oxidation sites excluding steroid dienone is 8. The van der Waals surface area contributed by atoms with Crippen molar-refractivity contribution in [1.29, 1.82) is 0 Å². The van der Waals surface area contributed by atoms with E-state index in [0.29, 0.717) is 0 Å². The fraction of sp³-hybridized carbons (Fsp3) is 0.333. The zero-order chi connectivity index (χ0) is 9.10. The Morgan fingerprint density at radius 1 is 1.20 bits per heavy atom. The Labute approximate surface area is 116 Å². The Morgan fingerprint density at radius 2 is 2.00 bits per heavy atom. The summed E-state index contributed by atoms with van der Waals surface area (Å²) in [5.41, 5.74) is 1.64. The summed E-state index contributed by atoms with van der Waals surface area (Å²) in [5, 5.41) is 0.